The van der Waals surface area contributed by atoms with Crippen LogP contribution in [0.5, 0.6) is 5.75 Å². The van der Waals surface area contributed by atoms with Crippen LogP contribution in [0, 0.1) is 17.5 Å². The number of halogens is 7. The van der Waals surface area contributed by atoms with Crippen molar-refractivity contribution in [3.05, 3.63) is 105 Å². The largest absolute Gasteiger partial charge is 0.495 e. The van der Waals surface area contributed by atoms with Gasteiger partial charge in [-0.15, -0.1) is 0 Å². The molecule has 0 fully saturated rings. The van der Waals surface area contributed by atoms with Crippen molar-refractivity contribution in [3.8, 4) is 11.4 Å². The number of aromatic nitrogens is 2. The van der Waals surface area contributed by atoms with Gasteiger partial charge in [-0.05, 0) is 93.1 Å². The van der Waals surface area contributed by atoms with Gasteiger partial charge in [0.2, 0.25) is 0 Å². The third kappa shape index (κ3) is 10.9. The fourth-order valence-electron chi connectivity index (χ4n) is 6.27. The molecule has 1 aliphatic rings. The highest BCUT2D eigenvalue weighted by Gasteiger charge is 2.40. The SMILES string of the molecule is COC(=O)[C@H](CCCN=C(N)N)NC(=O)c1cc(F)c(CSc2nc3c(n2-c2ccc(F)cc2)C(C)(c2ccc(Cl)c(OC)c2)CCC3)c(F)c1.O=C(O)C(F)(F)F. The van der Waals surface area contributed by atoms with Gasteiger partial charge in [-0.3, -0.25) is 14.4 Å². The van der Waals surface area contributed by atoms with Crippen LogP contribution in [-0.4, -0.2) is 71.4 Å². The zero-order chi connectivity index (χ0) is 42.9. The molecule has 2 atom stereocenters. The number of nitrogens with two attached hydrogens (primary N) is 2. The number of nitrogens with zero attached hydrogens (tertiary/aromatic N) is 3. The highest BCUT2D eigenvalue weighted by molar-refractivity contribution is 7.98. The van der Waals surface area contributed by atoms with E-state index in [2.05, 4.69) is 17.2 Å². The van der Waals surface area contributed by atoms with Crippen LogP contribution >= 0.6 is 23.4 Å². The van der Waals surface area contributed by atoms with Crippen molar-refractivity contribution in [1.29, 1.82) is 0 Å². The lowest BCUT2D eigenvalue weighted by molar-refractivity contribution is -0.192. The summed E-state index contributed by atoms with van der Waals surface area (Å²) in [5.74, 6) is -6.41. The number of carbonyl (C=O) groups is 3. The number of imidazole rings is 1. The van der Waals surface area contributed by atoms with Crippen LogP contribution in [0.25, 0.3) is 5.69 Å². The van der Waals surface area contributed by atoms with Crippen molar-refractivity contribution in [2.24, 2.45) is 16.5 Å². The molecule has 0 bridgehead atoms. The van der Waals surface area contributed by atoms with Gasteiger partial charge < -0.3 is 31.4 Å². The highest BCUT2D eigenvalue weighted by atomic mass is 35.5. The van der Waals surface area contributed by atoms with E-state index in [4.69, 9.17) is 47.4 Å². The van der Waals surface area contributed by atoms with E-state index in [0.717, 1.165) is 60.8 Å². The Morgan fingerprint density at radius 2 is 1.71 bits per heavy atom. The van der Waals surface area contributed by atoms with Gasteiger partial charge in [-0.2, -0.15) is 13.2 Å². The molecule has 1 heterocycles. The molecule has 6 N–H and O–H groups in total. The molecule has 1 aliphatic carbocycles. The van der Waals surface area contributed by atoms with Gasteiger partial charge in [0.15, 0.2) is 11.1 Å². The van der Waals surface area contributed by atoms with E-state index in [9.17, 15) is 27.2 Å². The second-order valence-corrected chi connectivity index (χ2v) is 14.4. The predicted octanol–water partition coefficient (Wildman–Crippen LogP) is 6.84. The number of aliphatic imine (C=N–C) groups is 1. The maximum Gasteiger partial charge on any atom is 0.490 e. The third-order valence-corrected chi connectivity index (χ3v) is 10.4. The molecule has 0 spiro atoms. The first-order valence-electron chi connectivity index (χ1n) is 17.4. The number of carboxylic acids is 1. The number of hydrogen-bond acceptors (Lipinski definition) is 8. The van der Waals surface area contributed by atoms with Crippen molar-refractivity contribution in [2.75, 3.05) is 20.8 Å². The topological polar surface area (TPSA) is 184 Å². The Hall–Kier alpha value is -5.43. The molecule has 0 saturated heterocycles. The third-order valence-electron chi connectivity index (χ3n) is 9.13. The van der Waals surface area contributed by atoms with Crippen LogP contribution in [0.4, 0.5) is 26.3 Å². The average molecular weight is 857 g/mol. The average Bonchev–Trinajstić information content (AvgIpc) is 3.55. The summed E-state index contributed by atoms with van der Waals surface area (Å²) in [4.78, 5) is 43.0. The first kappa shape index (κ1) is 45.3. The van der Waals surface area contributed by atoms with Crippen molar-refractivity contribution < 1.29 is 55.3 Å². The van der Waals surface area contributed by atoms with Crippen molar-refractivity contribution in [3.63, 3.8) is 0 Å². The second kappa shape index (κ2) is 19.3. The van der Waals surface area contributed by atoms with E-state index in [1.165, 1.54) is 12.1 Å². The van der Waals surface area contributed by atoms with Crippen molar-refractivity contribution >= 4 is 47.2 Å². The van der Waals surface area contributed by atoms with E-state index in [1.807, 2.05) is 16.7 Å². The number of ether oxygens (including phenoxy) is 2. The summed E-state index contributed by atoms with van der Waals surface area (Å²) in [5.41, 5.74) is 12.8. The molecule has 4 aromatic rings. The van der Waals surface area contributed by atoms with Gasteiger partial charge >= 0.3 is 18.1 Å². The summed E-state index contributed by atoms with van der Waals surface area (Å²) in [6, 6.07) is 12.3. The van der Waals surface area contributed by atoms with Gasteiger partial charge in [0.1, 0.15) is 29.2 Å². The predicted molar refractivity (Wildman–Crippen MR) is 204 cm³/mol. The molecule has 12 nitrogen and oxygen atoms in total. The fourth-order valence-corrected chi connectivity index (χ4v) is 7.51. The number of nitrogens with one attached hydrogen (secondary N) is 1. The Kier molecular flexibility index (Phi) is 15.1. The fraction of sp³-hybridized carbons (Fsp3) is 0.342. The van der Waals surface area contributed by atoms with Crippen molar-refractivity contribution in [1.82, 2.24) is 14.9 Å². The molecule has 3 aromatic carbocycles. The van der Waals surface area contributed by atoms with E-state index < -0.39 is 52.9 Å². The number of guanidine groups is 1. The Balaban J connectivity index is 0.000000973. The maximum atomic E-state index is 15.5. The summed E-state index contributed by atoms with van der Waals surface area (Å²) < 4.78 is 89.1. The second-order valence-electron chi connectivity index (χ2n) is 13.0. The highest BCUT2D eigenvalue weighted by Crippen LogP contribution is 2.47. The van der Waals surface area contributed by atoms with Gasteiger partial charge in [0.25, 0.3) is 5.91 Å². The Morgan fingerprint density at radius 3 is 2.28 bits per heavy atom. The summed E-state index contributed by atoms with van der Waals surface area (Å²) in [6.45, 7) is 2.31. The number of fused-ring (bicyclic) bond motifs is 1. The molecule has 1 aromatic heterocycles. The number of alkyl halides is 3. The minimum absolute atomic E-state index is 0.116. The van der Waals surface area contributed by atoms with Crippen LogP contribution in [-0.2, 0) is 31.9 Å². The Labute approximate surface area is 337 Å². The zero-order valence-corrected chi connectivity index (χ0v) is 32.8. The normalized spacial score (nSPS) is 15.3. The molecule has 0 saturated carbocycles. The van der Waals surface area contributed by atoms with E-state index in [-0.39, 0.29) is 35.8 Å². The van der Waals surface area contributed by atoms with Crippen LogP contribution in [0.1, 0.15) is 65.5 Å². The van der Waals surface area contributed by atoms with E-state index in [1.54, 1.807) is 25.3 Å². The number of esters is 1. The number of aryl methyl sites for hydroxylation is 1. The molecule has 1 unspecified atom stereocenters. The molecule has 58 heavy (non-hydrogen) atoms. The van der Waals surface area contributed by atoms with Gasteiger partial charge in [-0.1, -0.05) is 29.4 Å². The number of amides is 1. The minimum atomic E-state index is -5.08. The lowest BCUT2D eigenvalue weighted by atomic mass is 9.71. The number of carbonyl (C=O) groups excluding carboxylic acids is 2. The maximum absolute atomic E-state index is 15.5. The number of methoxy groups -OCH3 is 2. The van der Waals surface area contributed by atoms with Crippen molar-refractivity contribution in [2.45, 2.75) is 67.6 Å². The monoisotopic (exact) mass is 856 g/mol. The Morgan fingerprint density at radius 1 is 1.07 bits per heavy atom. The quantitative estimate of drug-likeness (QED) is 0.0277. The number of benzene rings is 3. The molecule has 1 amide bonds. The number of hydrogen-bond donors (Lipinski definition) is 4. The summed E-state index contributed by atoms with van der Waals surface area (Å²) in [6.07, 6.45) is -2.35. The van der Waals surface area contributed by atoms with Gasteiger partial charge in [0.05, 0.1) is 30.6 Å². The Bertz CT molecular complexity index is 2140. The van der Waals surface area contributed by atoms with E-state index in [0.29, 0.717) is 34.5 Å². The number of aliphatic carboxylic acids is 1. The number of rotatable bonds is 13. The van der Waals surface area contributed by atoms with Gasteiger partial charge in [0, 0.05) is 34.5 Å². The van der Waals surface area contributed by atoms with E-state index >= 15 is 8.78 Å². The smallest absolute Gasteiger partial charge is 0.490 e. The summed E-state index contributed by atoms with van der Waals surface area (Å²) in [7, 11) is 2.71. The van der Waals surface area contributed by atoms with Gasteiger partial charge in [-0.25, -0.2) is 27.7 Å². The molecular weight excluding hydrogens is 818 g/mol. The van der Waals surface area contributed by atoms with Crippen LogP contribution in [0.15, 0.2) is 64.7 Å². The number of thioether (sulfide) groups is 1. The van der Waals surface area contributed by atoms with Crippen LogP contribution < -0.4 is 21.5 Å². The lowest BCUT2D eigenvalue weighted by Gasteiger charge is -2.36. The standard InChI is InChI=1S/C36H38ClF3N6O4S.C2HF3O2/c1-36(21-8-13-25(37)30(18-21)49-2)14-4-6-28-31(36)46(23-11-9-22(38)10-12-23)35(45-28)51-19-24-26(39)16-20(17-27(24)40)32(47)44-29(33(48)50-3)7-5-15-43-34(41)42;3-2(4,5)1(6)7/h8-13,16-18,29H,4-7,14-15,19H2,1-3H3,(H,44,47)(H4,41,42,43);(H,6,7)/t29-,36?;/m0./s1. The lowest BCUT2D eigenvalue weighted by Crippen LogP contribution is -2.41. The molecule has 0 radical (unpaired) electrons. The molecule has 5 rings (SSSR count). The first-order valence-corrected chi connectivity index (χ1v) is 18.7. The summed E-state index contributed by atoms with van der Waals surface area (Å²) >= 11 is 7.47. The molecule has 312 valence electrons. The molecule has 0 aliphatic heterocycles. The molecular formula is C38H39ClF6N6O6S. The van der Waals surface area contributed by atoms with Crippen LogP contribution in [0.2, 0.25) is 5.02 Å². The number of carboxylic acid groups (broad SMARTS) is 1. The van der Waals surface area contributed by atoms with Crippen LogP contribution in [0.3, 0.4) is 0 Å². The first-order chi connectivity index (χ1) is 27.3. The summed E-state index contributed by atoms with van der Waals surface area (Å²) in [5, 5.41) is 10.5. The zero-order valence-electron chi connectivity index (χ0n) is 31.3. The molecule has 20 heteroatoms. The minimum Gasteiger partial charge on any atom is -0.495 e.